The fraction of sp³-hybridized carbons (Fsp3) is 0.450. The number of para-hydroxylation sites is 1. The first-order chi connectivity index (χ1) is 12.6. The summed E-state index contributed by atoms with van der Waals surface area (Å²) in [5, 5.41) is 14.4. The summed E-state index contributed by atoms with van der Waals surface area (Å²) in [4.78, 5) is 14.7. The second-order valence-corrected chi connectivity index (χ2v) is 7.19. The lowest BCUT2D eigenvalue weighted by Gasteiger charge is -2.26. The molecule has 0 radical (unpaired) electrons. The number of rotatable bonds is 7. The second kappa shape index (κ2) is 8.76. The third-order valence-electron chi connectivity index (χ3n) is 4.55. The van der Waals surface area contributed by atoms with E-state index < -0.39 is 0 Å². The summed E-state index contributed by atoms with van der Waals surface area (Å²) in [6.45, 7) is 7.68. The van der Waals surface area contributed by atoms with Crippen LogP contribution in [0.4, 0.5) is 11.5 Å². The summed E-state index contributed by atoms with van der Waals surface area (Å²) in [6.07, 6.45) is 2.47. The van der Waals surface area contributed by atoms with Gasteiger partial charge in [0.05, 0.1) is 0 Å². The quantitative estimate of drug-likeness (QED) is 0.799. The number of benzene rings is 1. The monoisotopic (exact) mass is 353 g/mol. The number of carbonyl (C=O) groups excluding carboxylic acids is 1. The number of nitrogens with one attached hydrogen (secondary N) is 2. The lowest BCUT2D eigenvalue weighted by atomic mass is 10.1. The van der Waals surface area contributed by atoms with Crippen molar-refractivity contribution < 1.29 is 4.79 Å². The Kier molecular flexibility index (Phi) is 6.17. The normalized spacial score (nSPS) is 17.4. The van der Waals surface area contributed by atoms with Crippen LogP contribution in [0.3, 0.4) is 0 Å². The average molecular weight is 353 g/mol. The van der Waals surface area contributed by atoms with Gasteiger partial charge in [0.25, 0.3) is 5.91 Å². The second-order valence-electron chi connectivity index (χ2n) is 7.19. The molecular formula is C20H27N5O. The van der Waals surface area contributed by atoms with Crippen LogP contribution in [0.1, 0.15) is 37.2 Å². The summed E-state index contributed by atoms with van der Waals surface area (Å²) >= 11 is 0. The predicted molar refractivity (Wildman–Crippen MR) is 104 cm³/mol. The highest BCUT2D eigenvalue weighted by atomic mass is 16.1. The van der Waals surface area contributed by atoms with Crippen molar-refractivity contribution in [2.75, 3.05) is 30.3 Å². The lowest BCUT2D eigenvalue weighted by Crippen LogP contribution is -2.37. The van der Waals surface area contributed by atoms with Gasteiger partial charge in [0.15, 0.2) is 5.69 Å². The smallest absolute Gasteiger partial charge is 0.276 e. The van der Waals surface area contributed by atoms with Crippen molar-refractivity contribution >= 4 is 17.4 Å². The third kappa shape index (κ3) is 5.02. The van der Waals surface area contributed by atoms with Gasteiger partial charge in [0, 0.05) is 24.8 Å². The molecule has 2 aromatic rings. The third-order valence-corrected chi connectivity index (χ3v) is 4.55. The summed E-state index contributed by atoms with van der Waals surface area (Å²) in [5.41, 5.74) is 1.05. The molecule has 1 aliphatic rings. The molecular weight excluding hydrogens is 326 g/mol. The first-order valence-corrected chi connectivity index (χ1v) is 9.30. The van der Waals surface area contributed by atoms with Gasteiger partial charge < -0.3 is 10.6 Å². The molecule has 3 rings (SSSR count). The fourth-order valence-electron chi connectivity index (χ4n) is 3.32. The minimum Gasteiger partial charge on any atom is -0.367 e. The zero-order chi connectivity index (χ0) is 18.4. The van der Waals surface area contributed by atoms with Crippen LogP contribution in [-0.2, 0) is 0 Å². The molecule has 1 amide bonds. The van der Waals surface area contributed by atoms with Gasteiger partial charge in [-0.2, -0.15) is 0 Å². The standard InChI is InChI=1S/C20H27N5O/c1-15(2)14-25-12-6-9-17(25)13-21-19-11-10-18(23-24-19)20(26)22-16-7-4-3-5-8-16/h3-5,7-8,10-11,15,17H,6,9,12-14H2,1-2H3,(H,21,24)(H,22,26)/t17-/m1/s1. The molecule has 2 N–H and O–H groups in total. The number of amides is 1. The predicted octanol–water partition coefficient (Wildman–Crippen LogP) is 3.26. The Bertz CT molecular complexity index is 702. The van der Waals surface area contributed by atoms with Crippen molar-refractivity contribution in [1.29, 1.82) is 0 Å². The van der Waals surface area contributed by atoms with Crippen LogP contribution in [-0.4, -0.2) is 46.7 Å². The molecule has 1 aliphatic heterocycles. The van der Waals surface area contributed by atoms with E-state index in [-0.39, 0.29) is 5.91 Å². The van der Waals surface area contributed by atoms with Crippen molar-refractivity contribution in [3.05, 3.63) is 48.2 Å². The molecule has 0 aliphatic carbocycles. The topological polar surface area (TPSA) is 70.2 Å². The molecule has 6 heteroatoms. The number of hydrogen-bond acceptors (Lipinski definition) is 5. The van der Waals surface area contributed by atoms with Gasteiger partial charge in [-0.3, -0.25) is 9.69 Å². The van der Waals surface area contributed by atoms with Crippen molar-refractivity contribution in [2.45, 2.75) is 32.7 Å². The minimum absolute atomic E-state index is 0.255. The maximum atomic E-state index is 12.2. The highest BCUT2D eigenvalue weighted by molar-refractivity contribution is 6.02. The largest absolute Gasteiger partial charge is 0.367 e. The van der Waals surface area contributed by atoms with Crippen molar-refractivity contribution in [2.24, 2.45) is 5.92 Å². The fourth-order valence-corrected chi connectivity index (χ4v) is 3.32. The Hall–Kier alpha value is -2.47. The van der Waals surface area contributed by atoms with E-state index in [9.17, 15) is 4.79 Å². The number of nitrogens with zero attached hydrogens (tertiary/aromatic N) is 3. The maximum absolute atomic E-state index is 12.2. The van der Waals surface area contributed by atoms with E-state index in [4.69, 9.17) is 0 Å². The van der Waals surface area contributed by atoms with E-state index in [1.807, 2.05) is 36.4 Å². The van der Waals surface area contributed by atoms with Crippen LogP contribution >= 0.6 is 0 Å². The van der Waals surface area contributed by atoms with E-state index in [0.717, 1.165) is 18.8 Å². The van der Waals surface area contributed by atoms with Gasteiger partial charge in [-0.15, -0.1) is 10.2 Å². The number of anilines is 2. The van der Waals surface area contributed by atoms with Crippen LogP contribution in [0.25, 0.3) is 0 Å². The van der Waals surface area contributed by atoms with Gasteiger partial charge in [-0.1, -0.05) is 32.0 Å². The lowest BCUT2D eigenvalue weighted by molar-refractivity contribution is 0.102. The van der Waals surface area contributed by atoms with Crippen LogP contribution in [0.5, 0.6) is 0 Å². The van der Waals surface area contributed by atoms with Gasteiger partial charge >= 0.3 is 0 Å². The van der Waals surface area contributed by atoms with Gasteiger partial charge in [0.2, 0.25) is 0 Å². The molecule has 0 bridgehead atoms. The van der Waals surface area contributed by atoms with Gasteiger partial charge in [-0.25, -0.2) is 0 Å². The zero-order valence-electron chi connectivity index (χ0n) is 15.5. The van der Waals surface area contributed by atoms with E-state index in [1.165, 1.54) is 19.4 Å². The molecule has 0 saturated carbocycles. The van der Waals surface area contributed by atoms with E-state index >= 15 is 0 Å². The first-order valence-electron chi connectivity index (χ1n) is 9.30. The maximum Gasteiger partial charge on any atom is 0.276 e. The van der Waals surface area contributed by atoms with E-state index in [1.54, 1.807) is 6.07 Å². The molecule has 1 saturated heterocycles. The van der Waals surface area contributed by atoms with Crippen LogP contribution in [0, 0.1) is 5.92 Å². The van der Waals surface area contributed by atoms with Gasteiger partial charge in [0.1, 0.15) is 5.82 Å². The number of hydrogen-bond donors (Lipinski definition) is 2. The first kappa shape index (κ1) is 18.3. The van der Waals surface area contributed by atoms with E-state index in [2.05, 4.69) is 39.6 Å². The molecule has 1 aromatic heterocycles. The molecule has 138 valence electrons. The molecule has 26 heavy (non-hydrogen) atoms. The Labute approximate surface area is 155 Å². The van der Waals surface area contributed by atoms with Crippen LogP contribution in [0.15, 0.2) is 42.5 Å². The minimum atomic E-state index is -0.255. The molecule has 1 aromatic carbocycles. The molecule has 1 atom stereocenters. The SMILES string of the molecule is CC(C)CN1CCC[C@@H]1CNc1ccc(C(=O)Nc2ccccc2)nn1. The summed E-state index contributed by atoms with van der Waals surface area (Å²) < 4.78 is 0. The van der Waals surface area contributed by atoms with Crippen molar-refractivity contribution in [3.8, 4) is 0 Å². The molecule has 0 spiro atoms. The zero-order valence-corrected chi connectivity index (χ0v) is 15.5. The summed E-state index contributed by atoms with van der Waals surface area (Å²) in [7, 11) is 0. The Morgan fingerprint density at radius 1 is 1.19 bits per heavy atom. The Morgan fingerprint density at radius 3 is 2.69 bits per heavy atom. The highest BCUT2D eigenvalue weighted by Crippen LogP contribution is 2.19. The Morgan fingerprint density at radius 2 is 2.00 bits per heavy atom. The van der Waals surface area contributed by atoms with Crippen LogP contribution in [0.2, 0.25) is 0 Å². The highest BCUT2D eigenvalue weighted by Gasteiger charge is 2.24. The number of likely N-dealkylation sites (tertiary alicyclic amines) is 1. The van der Waals surface area contributed by atoms with Crippen molar-refractivity contribution in [3.63, 3.8) is 0 Å². The van der Waals surface area contributed by atoms with Crippen LogP contribution < -0.4 is 10.6 Å². The average Bonchev–Trinajstić information content (AvgIpc) is 3.07. The number of aromatic nitrogens is 2. The number of carbonyl (C=O) groups is 1. The molecule has 1 fully saturated rings. The van der Waals surface area contributed by atoms with E-state index in [0.29, 0.717) is 23.5 Å². The summed E-state index contributed by atoms with van der Waals surface area (Å²) in [5.74, 6) is 1.13. The molecule has 6 nitrogen and oxygen atoms in total. The summed E-state index contributed by atoms with van der Waals surface area (Å²) in [6, 6.07) is 13.4. The molecule has 0 unspecified atom stereocenters. The molecule has 2 heterocycles. The Balaban J connectivity index is 1.52. The van der Waals surface area contributed by atoms with Crippen molar-refractivity contribution in [1.82, 2.24) is 15.1 Å². The van der Waals surface area contributed by atoms with Gasteiger partial charge in [-0.05, 0) is 49.6 Å².